The van der Waals surface area contributed by atoms with Crippen molar-refractivity contribution < 1.29 is 23.4 Å². The molecule has 0 amide bonds. The number of benzene rings is 3. The average molecular weight is 601 g/mol. The fraction of sp³-hybridized carbons (Fsp3) is 0.250. The van der Waals surface area contributed by atoms with E-state index in [2.05, 4.69) is 4.98 Å². The molecule has 6 rings (SSSR count). The summed E-state index contributed by atoms with van der Waals surface area (Å²) in [6, 6.07) is 20.3. The molecule has 9 nitrogen and oxygen atoms in total. The Morgan fingerprint density at radius 3 is 2.56 bits per heavy atom. The topological polar surface area (TPSA) is 95.8 Å². The van der Waals surface area contributed by atoms with Crippen LogP contribution in [0.5, 0.6) is 17.2 Å². The monoisotopic (exact) mass is 600 g/mol. The van der Waals surface area contributed by atoms with Gasteiger partial charge in [0.25, 0.3) is 5.56 Å². The first kappa shape index (κ1) is 28.4. The van der Waals surface area contributed by atoms with E-state index in [0.717, 1.165) is 6.42 Å². The molecule has 1 aliphatic heterocycles. The first-order valence-corrected chi connectivity index (χ1v) is 14.6. The fourth-order valence-corrected chi connectivity index (χ4v) is 6.27. The molecular weight excluding hydrogens is 571 g/mol. The van der Waals surface area contributed by atoms with E-state index in [1.807, 2.05) is 23.1 Å². The highest BCUT2D eigenvalue weighted by Crippen LogP contribution is 2.34. The molecule has 43 heavy (non-hydrogen) atoms. The van der Waals surface area contributed by atoms with Gasteiger partial charge in [-0.2, -0.15) is 0 Å². The number of ketones is 1. The van der Waals surface area contributed by atoms with Gasteiger partial charge in [0.2, 0.25) is 0 Å². The van der Waals surface area contributed by atoms with Gasteiger partial charge in [0, 0.05) is 18.2 Å². The number of hydrogen-bond acceptors (Lipinski definition) is 9. The lowest BCUT2D eigenvalue weighted by Gasteiger charge is -2.22. The van der Waals surface area contributed by atoms with Crippen LogP contribution in [0.25, 0.3) is 21.7 Å². The number of ether oxygens (including phenoxy) is 3. The molecule has 1 saturated heterocycles. The average Bonchev–Trinajstić information content (AvgIpc) is 3.70. The van der Waals surface area contributed by atoms with Crippen molar-refractivity contribution >= 4 is 32.6 Å². The predicted octanol–water partition coefficient (Wildman–Crippen LogP) is 5.34. The van der Waals surface area contributed by atoms with Gasteiger partial charge in [0.15, 0.2) is 21.3 Å². The lowest BCUT2D eigenvalue weighted by atomic mass is 10.1. The third-order valence-electron chi connectivity index (χ3n) is 7.44. The van der Waals surface area contributed by atoms with Crippen molar-refractivity contribution in [1.82, 2.24) is 14.5 Å². The summed E-state index contributed by atoms with van der Waals surface area (Å²) in [5, 5.41) is 0.523. The second-order valence-electron chi connectivity index (χ2n) is 10.1. The smallest absolute Gasteiger partial charge is 0.281 e. The molecule has 0 radical (unpaired) electrons. The Hall–Kier alpha value is -4.77. The quantitative estimate of drug-likeness (QED) is 0.212. The highest BCUT2D eigenvalue weighted by molar-refractivity contribution is 7.21. The van der Waals surface area contributed by atoms with Crippen LogP contribution in [0.1, 0.15) is 18.4 Å². The zero-order valence-corrected chi connectivity index (χ0v) is 24.5. The van der Waals surface area contributed by atoms with Gasteiger partial charge in [-0.1, -0.05) is 41.7 Å². The highest BCUT2D eigenvalue weighted by atomic mass is 32.1. The molecule has 3 aromatic carbocycles. The second-order valence-corrected chi connectivity index (χ2v) is 11.0. The molecule has 11 heteroatoms. The summed E-state index contributed by atoms with van der Waals surface area (Å²) in [7, 11) is 3.09. The number of fused-ring (bicyclic) bond motifs is 1. The standard InChI is InChI=1S/C32H29FN4O5S/c1-40-22-15-14-20(27(17-22)41-2)18-37-29(23-11-6-7-12-24(23)33)35-30-28(31(37)39)34-32(43-30)36-16-8-13-25(36)26(38)19-42-21-9-4-3-5-10-21/h3-7,9-12,14-15,17,25H,8,13,16,18-19H2,1-2H3/t25-/m1/s1. The van der Waals surface area contributed by atoms with Gasteiger partial charge >= 0.3 is 0 Å². The van der Waals surface area contributed by atoms with Crippen LogP contribution in [0, 0.1) is 5.82 Å². The van der Waals surface area contributed by atoms with E-state index in [1.165, 1.54) is 29.1 Å². The van der Waals surface area contributed by atoms with E-state index in [0.29, 0.717) is 45.7 Å². The zero-order chi connectivity index (χ0) is 29.9. The number of halogens is 1. The number of nitrogens with zero attached hydrogens (tertiary/aromatic N) is 4. The molecule has 0 saturated carbocycles. The molecule has 0 aliphatic carbocycles. The van der Waals surface area contributed by atoms with Crippen molar-refractivity contribution in [3.05, 3.63) is 94.5 Å². The Balaban J connectivity index is 1.39. The zero-order valence-electron chi connectivity index (χ0n) is 23.7. The number of thiazole rings is 1. The van der Waals surface area contributed by atoms with Crippen LogP contribution >= 0.6 is 11.3 Å². The van der Waals surface area contributed by atoms with Crippen LogP contribution in [-0.4, -0.2) is 53.7 Å². The summed E-state index contributed by atoms with van der Waals surface area (Å²) < 4.78 is 33.1. The van der Waals surface area contributed by atoms with E-state index >= 15 is 4.39 Å². The van der Waals surface area contributed by atoms with E-state index in [-0.39, 0.29) is 35.8 Å². The Kier molecular flexibility index (Phi) is 8.06. The normalized spacial score (nSPS) is 14.7. The largest absolute Gasteiger partial charge is 0.497 e. The third-order valence-corrected chi connectivity index (χ3v) is 8.43. The van der Waals surface area contributed by atoms with E-state index in [9.17, 15) is 9.59 Å². The Bertz CT molecular complexity index is 1840. The van der Waals surface area contributed by atoms with E-state index in [4.69, 9.17) is 19.2 Å². The van der Waals surface area contributed by atoms with Crippen molar-refractivity contribution in [3.63, 3.8) is 0 Å². The summed E-state index contributed by atoms with van der Waals surface area (Å²) >= 11 is 1.22. The SMILES string of the molecule is COc1ccc(Cn2c(-c3ccccc3F)nc3sc(N4CCC[C@@H]4C(=O)COc4ccccc4)nc3c2=O)c(OC)c1. The minimum atomic E-state index is -0.502. The first-order valence-electron chi connectivity index (χ1n) is 13.8. The number of methoxy groups -OCH3 is 2. The fourth-order valence-electron chi connectivity index (χ4n) is 5.27. The lowest BCUT2D eigenvalue weighted by Crippen LogP contribution is -2.38. The number of carbonyl (C=O) groups excluding carboxylic acids is 1. The Labute approximate surface area is 251 Å². The lowest BCUT2D eigenvalue weighted by molar-refractivity contribution is -0.122. The molecule has 1 aliphatic rings. The van der Waals surface area contributed by atoms with Gasteiger partial charge in [-0.25, -0.2) is 14.4 Å². The first-order chi connectivity index (χ1) is 21.0. The summed E-state index contributed by atoms with van der Waals surface area (Å²) in [5.74, 6) is 1.35. The van der Waals surface area contributed by atoms with Crippen molar-refractivity contribution in [2.45, 2.75) is 25.4 Å². The van der Waals surface area contributed by atoms with Gasteiger partial charge in [-0.15, -0.1) is 0 Å². The summed E-state index contributed by atoms with van der Waals surface area (Å²) in [6.07, 6.45) is 1.45. The Morgan fingerprint density at radius 2 is 1.79 bits per heavy atom. The van der Waals surface area contributed by atoms with Crippen LogP contribution in [0.4, 0.5) is 9.52 Å². The summed E-state index contributed by atoms with van der Waals surface area (Å²) in [5.41, 5.74) is 0.615. The molecule has 0 N–H and O–H groups in total. The summed E-state index contributed by atoms with van der Waals surface area (Å²) in [4.78, 5) is 39.0. The summed E-state index contributed by atoms with van der Waals surface area (Å²) in [6.45, 7) is 0.606. The second kappa shape index (κ2) is 12.2. The number of para-hydroxylation sites is 1. The van der Waals surface area contributed by atoms with Crippen molar-refractivity contribution in [3.8, 4) is 28.6 Å². The number of Topliss-reactive ketones (excluding diaryl/α,β-unsaturated/α-hetero) is 1. The number of anilines is 1. The van der Waals surface area contributed by atoms with Gasteiger partial charge in [-0.05, 0) is 49.2 Å². The highest BCUT2D eigenvalue weighted by Gasteiger charge is 2.33. The molecule has 5 aromatic rings. The van der Waals surface area contributed by atoms with Crippen LogP contribution in [0.3, 0.4) is 0 Å². The third kappa shape index (κ3) is 5.68. The molecule has 220 valence electrons. The maximum absolute atomic E-state index is 15.1. The molecule has 1 atom stereocenters. The van der Waals surface area contributed by atoms with Crippen molar-refractivity contribution in [2.24, 2.45) is 0 Å². The van der Waals surface area contributed by atoms with Crippen LogP contribution in [0.15, 0.2) is 77.6 Å². The molecule has 0 bridgehead atoms. The van der Waals surface area contributed by atoms with Crippen LogP contribution < -0.4 is 24.7 Å². The number of rotatable bonds is 10. The van der Waals surface area contributed by atoms with Gasteiger partial charge in [0.05, 0.1) is 32.4 Å². The number of aromatic nitrogens is 3. The molecule has 0 unspecified atom stereocenters. The molecule has 0 spiro atoms. The van der Waals surface area contributed by atoms with Crippen LogP contribution in [-0.2, 0) is 11.3 Å². The van der Waals surface area contributed by atoms with Crippen molar-refractivity contribution in [1.29, 1.82) is 0 Å². The molecule has 1 fully saturated rings. The van der Waals surface area contributed by atoms with E-state index < -0.39 is 17.4 Å². The minimum Gasteiger partial charge on any atom is -0.497 e. The maximum Gasteiger partial charge on any atom is 0.281 e. The molecule has 3 heterocycles. The number of carbonyl (C=O) groups is 1. The predicted molar refractivity (Wildman–Crippen MR) is 163 cm³/mol. The van der Waals surface area contributed by atoms with Gasteiger partial charge < -0.3 is 19.1 Å². The van der Waals surface area contributed by atoms with Crippen LogP contribution in [0.2, 0.25) is 0 Å². The molecule has 2 aromatic heterocycles. The van der Waals surface area contributed by atoms with E-state index in [1.54, 1.807) is 55.6 Å². The van der Waals surface area contributed by atoms with Gasteiger partial charge in [-0.3, -0.25) is 14.2 Å². The van der Waals surface area contributed by atoms with Crippen molar-refractivity contribution in [2.75, 3.05) is 32.3 Å². The van der Waals surface area contributed by atoms with Gasteiger partial charge in [0.1, 0.15) is 35.5 Å². The number of hydrogen-bond donors (Lipinski definition) is 0. The maximum atomic E-state index is 15.1. The minimum absolute atomic E-state index is 0.0626. The molecular formula is C32H29FN4O5S. The Morgan fingerprint density at radius 1 is 1.00 bits per heavy atom.